The van der Waals surface area contributed by atoms with Crippen molar-refractivity contribution < 1.29 is 22.1 Å². The third-order valence-electron chi connectivity index (χ3n) is 2.01. The SMILES string of the molecule is FC(F)c1ncnc(Cl)c1Cl.O=P(Cl)(Cl)Cl.O=c1[nH]cnc(C(F)F)c1Cl. The fourth-order valence-corrected chi connectivity index (χ4v) is 1.57. The van der Waals surface area contributed by atoms with Gasteiger partial charge in [-0.3, -0.25) is 9.36 Å². The van der Waals surface area contributed by atoms with Crippen LogP contribution in [0.5, 0.6) is 0 Å². The number of alkyl halides is 4. The Hall–Kier alpha value is -0.350. The van der Waals surface area contributed by atoms with Gasteiger partial charge in [-0.25, -0.2) is 32.5 Å². The molecule has 1 N–H and O–H groups in total. The van der Waals surface area contributed by atoms with Crippen molar-refractivity contribution in [3.8, 4) is 0 Å². The Balaban J connectivity index is 0.000000405. The van der Waals surface area contributed by atoms with Crippen LogP contribution < -0.4 is 5.56 Å². The highest BCUT2D eigenvalue weighted by molar-refractivity contribution is 8.24. The minimum atomic E-state index is -3.22. The highest BCUT2D eigenvalue weighted by Gasteiger charge is 2.16. The van der Waals surface area contributed by atoms with Crippen molar-refractivity contribution >= 4 is 73.7 Å². The molecular formula is C10H5Cl6F4N4O2P. The first-order chi connectivity index (χ1) is 12.3. The van der Waals surface area contributed by atoms with Crippen molar-refractivity contribution in [3.05, 3.63) is 49.6 Å². The Morgan fingerprint density at radius 1 is 0.889 bits per heavy atom. The minimum Gasteiger partial charge on any atom is -0.312 e. The lowest BCUT2D eigenvalue weighted by Gasteiger charge is -2.00. The van der Waals surface area contributed by atoms with Crippen molar-refractivity contribution in [1.29, 1.82) is 0 Å². The average molecular weight is 533 g/mol. The maximum atomic E-state index is 12.0. The first kappa shape index (κ1) is 26.6. The molecule has 0 spiro atoms. The molecule has 2 rings (SSSR count). The Bertz CT molecular complexity index is 844. The number of aromatic nitrogens is 4. The first-order valence-electron chi connectivity index (χ1n) is 5.90. The van der Waals surface area contributed by atoms with Crippen LogP contribution in [0, 0.1) is 0 Å². The van der Waals surface area contributed by atoms with Crippen LogP contribution >= 0.6 is 73.7 Å². The summed E-state index contributed by atoms with van der Waals surface area (Å²) >= 11 is 29.7. The molecule has 0 fully saturated rings. The lowest BCUT2D eigenvalue weighted by atomic mass is 10.4. The molecule has 0 aliphatic carbocycles. The summed E-state index contributed by atoms with van der Waals surface area (Å²) in [6.45, 7) is 0. The molecule has 0 atom stereocenters. The zero-order valence-corrected chi connectivity index (χ0v) is 17.6. The zero-order valence-electron chi connectivity index (χ0n) is 12.2. The Kier molecular flexibility index (Phi) is 12.1. The van der Waals surface area contributed by atoms with Gasteiger partial charge in [-0.15, -0.1) is 0 Å². The van der Waals surface area contributed by atoms with E-state index in [4.69, 9.17) is 34.8 Å². The van der Waals surface area contributed by atoms with Gasteiger partial charge in [-0.05, 0) is 33.7 Å². The highest BCUT2D eigenvalue weighted by Crippen LogP contribution is 2.61. The van der Waals surface area contributed by atoms with Crippen LogP contribution in [0.25, 0.3) is 0 Å². The predicted octanol–water partition coefficient (Wildman–Crippen LogP) is 6.89. The topological polar surface area (TPSA) is 88.6 Å². The standard InChI is InChI=1S/C5H2Cl2F2N2.C5H3ClF2N2O.Cl3OP/c6-2-3(5(8)9)10-1-11-4(2)7;6-2-3(4(7)8)9-1-10-5(2)11;1-5(2,3)4/h1,5H;1,4H,(H,9,10,11);. The number of nitrogens with zero attached hydrogens (tertiary/aromatic N) is 3. The van der Waals surface area contributed by atoms with E-state index in [1.807, 2.05) is 0 Å². The van der Waals surface area contributed by atoms with Crippen molar-refractivity contribution in [2.75, 3.05) is 0 Å². The summed E-state index contributed by atoms with van der Waals surface area (Å²) < 4.78 is 57.3. The maximum Gasteiger partial charge on any atom is 0.339 e. The van der Waals surface area contributed by atoms with E-state index in [0.717, 1.165) is 12.7 Å². The van der Waals surface area contributed by atoms with E-state index >= 15 is 0 Å². The smallest absolute Gasteiger partial charge is 0.312 e. The first-order valence-corrected chi connectivity index (χ1v) is 11.5. The summed E-state index contributed by atoms with van der Waals surface area (Å²) in [6.07, 6.45) is -3.71. The van der Waals surface area contributed by atoms with Gasteiger partial charge in [-0.2, -0.15) is 0 Å². The van der Waals surface area contributed by atoms with Gasteiger partial charge in [0.25, 0.3) is 18.4 Å². The van der Waals surface area contributed by atoms with Crippen LogP contribution in [0.3, 0.4) is 0 Å². The molecule has 152 valence electrons. The molecule has 2 heterocycles. The largest absolute Gasteiger partial charge is 0.339 e. The van der Waals surface area contributed by atoms with Crippen LogP contribution in [-0.2, 0) is 4.57 Å². The number of nitrogens with one attached hydrogen (secondary N) is 1. The molecule has 2 aromatic heterocycles. The number of rotatable bonds is 2. The van der Waals surface area contributed by atoms with Gasteiger partial charge in [0, 0.05) is 0 Å². The molecular weight excluding hydrogens is 528 g/mol. The van der Waals surface area contributed by atoms with Crippen molar-refractivity contribution in [1.82, 2.24) is 19.9 Å². The summed E-state index contributed by atoms with van der Waals surface area (Å²) in [6, 6.07) is 0. The molecule has 2 aromatic rings. The third-order valence-corrected chi connectivity index (χ3v) is 3.13. The van der Waals surface area contributed by atoms with E-state index in [-0.39, 0.29) is 10.2 Å². The third kappa shape index (κ3) is 11.3. The second-order valence-corrected chi connectivity index (χ2v) is 11.5. The summed E-state index contributed by atoms with van der Waals surface area (Å²) in [5, 5.41) is -4.22. The second-order valence-electron chi connectivity index (χ2n) is 3.79. The molecule has 0 saturated heterocycles. The number of aromatic amines is 1. The quantitative estimate of drug-likeness (QED) is 0.258. The molecule has 0 radical (unpaired) electrons. The normalized spacial score (nSPS) is 10.8. The molecule has 0 bridgehead atoms. The van der Waals surface area contributed by atoms with Crippen molar-refractivity contribution in [2.45, 2.75) is 12.9 Å². The second kappa shape index (κ2) is 12.3. The number of halogens is 10. The van der Waals surface area contributed by atoms with Crippen LogP contribution in [0.15, 0.2) is 17.4 Å². The van der Waals surface area contributed by atoms with Crippen LogP contribution in [0.1, 0.15) is 24.2 Å². The molecule has 0 aliphatic rings. The van der Waals surface area contributed by atoms with Gasteiger partial charge in [-0.1, -0.05) is 34.8 Å². The van der Waals surface area contributed by atoms with Gasteiger partial charge in [0.15, 0.2) is 5.15 Å². The number of hydrogen-bond donors (Lipinski definition) is 1. The van der Waals surface area contributed by atoms with Crippen molar-refractivity contribution in [3.63, 3.8) is 0 Å². The summed E-state index contributed by atoms with van der Waals surface area (Å²) in [7, 11) is 0. The van der Waals surface area contributed by atoms with E-state index in [0.29, 0.717) is 0 Å². The fraction of sp³-hybridized carbons (Fsp3) is 0.200. The summed E-state index contributed by atoms with van der Waals surface area (Å²) in [5.41, 5.74) is -1.97. The molecule has 6 nitrogen and oxygen atoms in total. The Morgan fingerprint density at radius 3 is 1.70 bits per heavy atom. The van der Waals surface area contributed by atoms with Gasteiger partial charge >= 0.3 is 5.20 Å². The van der Waals surface area contributed by atoms with Gasteiger partial charge in [0.05, 0.1) is 6.33 Å². The van der Waals surface area contributed by atoms with E-state index in [2.05, 4.69) is 53.7 Å². The van der Waals surface area contributed by atoms with Gasteiger partial charge < -0.3 is 4.98 Å². The van der Waals surface area contributed by atoms with Crippen LogP contribution in [0.2, 0.25) is 15.2 Å². The Labute approximate surface area is 177 Å². The van der Waals surface area contributed by atoms with Crippen LogP contribution in [-0.4, -0.2) is 19.9 Å². The van der Waals surface area contributed by atoms with Crippen LogP contribution in [0.4, 0.5) is 17.6 Å². The maximum absolute atomic E-state index is 12.0. The summed E-state index contributed by atoms with van der Waals surface area (Å²) in [4.78, 5) is 22.5. The predicted molar refractivity (Wildman–Crippen MR) is 97.0 cm³/mol. The molecule has 0 aliphatic heterocycles. The fourth-order valence-electron chi connectivity index (χ4n) is 1.06. The molecule has 0 aromatic carbocycles. The van der Waals surface area contributed by atoms with E-state index in [9.17, 15) is 26.9 Å². The molecule has 0 saturated carbocycles. The van der Waals surface area contributed by atoms with E-state index < -0.39 is 40.0 Å². The van der Waals surface area contributed by atoms with Gasteiger partial charge in [0.2, 0.25) is 0 Å². The lowest BCUT2D eigenvalue weighted by Crippen LogP contribution is -2.10. The molecule has 27 heavy (non-hydrogen) atoms. The molecule has 0 amide bonds. The van der Waals surface area contributed by atoms with Gasteiger partial charge in [0.1, 0.15) is 27.8 Å². The monoisotopic (exact) mass is 530 g/mol. The molecule has 17 heteroatoms. The summed E-state index contributed by atoms with van der Waals surface area (Å²) in [5.74, 6) is 0. The van der Waals surface area contributed by atoms with E-state index in [1.54, 1.807) is 0 Å². The highest BCUT2D eigenvalue weighted by atomic mass is 36.0. The minimum absolute atomic E-state index is 0.156. The van der Waals surface area contributed by atoms with Crippen molar-refractivity contribution in [2.24, 2.45) is 0 Å². The zero-order chi connectivity index (χ0) is 21.4. The molecule has 0 unspecified atom stereocenters. The van der Waals surface area contributed by atoms with E-state index in [1.165, 1.54) is 0 Å². The number of hydrogen-bond acceptors (Lipinski definition) is 5. The lowest BCUT2D eigenvalue weighted by molar-refractivity contribution is 0.145. The number of H-pyrrole nitrogens is 1. The average Bonchev–Trinajstić information content (AvgIpc) is 2.51. The Morgan fingerprint density at radius 2 is 1.33 bits per heavy atom.